The lowest BCUT2D eigenvalue weighted by molar-refractivity contribution is 0.386. The number of rotatable bonds is 4. The van der Waals surface area contributed by atoms with E-state index in [1.807, 2.05) is 12.1 Å². The van der Waals surface area contributed by atoms with E-state index in [4.69, 9.17) is 14.0 Å². The van der Waals surface area contributed by atoms with Crippen molar-refractivity contribution in [3.05, 3.63) is 48.3 Å². The molecule has 0 amide bonds. The molecule has 0 spiro atoms. The van der Waals surface area contributed by atoms with Gasteiger partial charge in [0.2, 0.25) is 5.82 Å². The number of ether oxygens (including phenoxy) is 2. The van der Waals surface area contributed by atoms with Crippen LogP contribution in [-0.2, 0) is 0 Å². The van der Waals surface area contributed by atoms with Crippen LogP contribution in [0.3, 0.4) is 0 Å². The Morgan fingerprint density at radius 1 is 0.955 bits per heavy atom. The predicted octanol–water partition coefficient (Wildman–Crippen LogP) is 3.56. The van der Waals surface area contributed by atoms with Gasteiger partial charge < -0.3 is 14.0 Å². The number of hydrogen-bond acceptors (Lipinski definition) is 5. The molecule has 0 saturated heterocycles. The summed E-state index contributed by atoms with van der Waals surface area (Å²) in [6, 6.07) is 11.7. The highest BCUT2D eigenvalue weighted by Crippen LogP contribution is 2.27. The molecule has 5 nitrogen and oxygen atoms in total. The van der Waals surface area contributed by atoms with E-state index in [9.17, 15) is 4.39 Å². The molecule has 0 saturated carbocycles. The molecule has 112 valence electrons. The maximum atomic E-state index is 13.7. The fourth-order valence-electron chi connectivity index (χ4n) is 2.00. The molecule has 0 fully saturated rings. The second kappa shape index (κ2) is 5.85. The van der Waals surface area contributed by atoms with Crippen LogP contribution in [0.2, 0.25) is 0 Å². The molecule has 0 atom stereocenters. The van der Waals surface area contributed by atoms with Gasteiger partial charge in [0.15, 0.2) is 11.6 Å². The summed E-state index contributed by atoms with van der Waals surface area (Å²) >= 11 is 0. The minimum absolute atomic E-state index is 0.165. The zero-order valence-corrected chi connectivity index (χ0v) is 12.0. The van der Waals surface area contributed by atoms with Gasteiger partial charge in [-0.2, -0.15) is 4.98 Å². The topological polar surface area (TPSA) is 57.4 Å². The van der Waals surface area contributed by atoms with Crippen molar-refractivity contribution in [2.24, 2.45) is 0 Å². The molecular weight excluding hydrogens is 287 g/mol. The van der Waals surface area contributed by atoms with E-state index < -0.39 is 5.82 Å². The van der Waals surface area contributed by atoms with Gasteiger partial charge in [0.1, 0.15) is 5.75 Å². The molecule has 3 aromatic rings. The quantitative estimate of drug-likeness (QED) is 0.737. The molecule has 0 N–H and O–H groups in total. The van der Waals surface area contributed by atoms with E-state index >= 15 is 0 Å². The van der Waals surface area contributed by atoms with E-state index in [2.05, 4.69) is 10.1 Å². The van der Waals surface area contributed by atoms with Crippen molar-refractivity contribution >= 4 is 0 Å². The van der Waals surface area contributed by atoms with Crippen LogP contribution in [0.25, 0.3) is 22.8 Å². The van der Waals surface area contributed by atoms with Gasteiger partial charge in [0, 0.05) is 11.1 Å². The first-order valence-corrected chi connectivity index (χ1v) is 6.53. The second-order valence-electron chi connectivity index (χ2n) is 4.50. The van der Waals surface area contributed by atoms with Gasteiger partial charge in [0.05, 0.1) is 14.2 Å². The highest BCUT2D eigenvalue weighted by atomic mass is 19.1. The summed E-state index contributed by atoms with van der Waals surface area (Å²) in [6.45, 7) is 0. The lowest BCUT2D eigenvalue weighted by Crippen LogP contribution is -1.88. The summed E-state index contributed by atoms with van der Waals surface area (Å²) in [4.78, 5) is 4.28. The van der Waals surface area contributed by atoms with E-state index in [0.717, 1.165) is 11.3 Å². The summed E-state index contributed by atoms with van der Waals surface area (Å²) in [7, 11) is 3.01. The highest BCUT2D eigenvalue weighted by Gasteiger charge is 2.13. The number of halogens is 1. The van der Waals surface area contributed by atoms with Gasteiger partial charge in [-0.05, 0) is 42.5 Å². The summed E-state index contributed by atoms with van der Waals surface area (Å²) < 4.78 is 28.9. The molecule has 1 heterocycles. The summed E-state index contributed by atoms with van der Waals surface area (Å²) in [5.41, 5.74) is 1.27. The van der Waals surface area contributed by atoms with Gasteiger partial charge in [-0.3, -0.25) is 0 Å². The Kier molecular flexibility index (Phi) is 3.74. The van der Waals surface area contributed by atoms with Crippen molar-refractivity contribution in [1.82, 2.24) is 10.1 Å². The van der Waals surface area contributed by atoms with Crippen LogP contribution in [0.15, 0.2) is 47.0 Å². The third kappa shape index (κ3) is 2.63. The molecule has 0 radical (unpaired) electrons. The first kappa shape index (κ1) is 14.1. The first-order chi connectivity index (χ1) is 10.7. The Labute approximate surface area is 126 Å². The number of methoxy groups -OCH3 is 2. The maximum Gasteiger partial charge on any atom is 0.258 e. The normalized spacial score (nSPS) is 10.5. The van der Waals surface area contributed by atoms with E-state index in [0.29, 0.717) is 11.4 Å². The minimum Gasteiger partial charge on any atom is -0.497 e. The zero-order valence-electron chi connectivity index (χ0n) is 12.0. The molecule has 0 unspecified atom stereocenters. The first-order valence-electron chi connectivity index (χ1n) is 6.53. The summed E-state index contributed by atoms with van der Waals surface area (Å²) in [5.74, 6) is 1.09. The van der Waals surface area contributed by atoms with Crippen LogP contribution < -0.4 is 9.47 Å². The number of benzene rings is 2. The van der Waals surface area contributed by atoms with Gasteiger partial charge in [-0.1, -0.05) is 5.16 Å². The molecule has 6 heteroatoms. The summed E-state index contributed by atoms with van der Waals surface area (Å²) in [6.07, 6.45) is 0. The number of hydrogen-bond donors (Lipinski definition) is 0. The van der Waals surface area contributed by atoms with Crippen molar-refractivity contribution in [3.8, 4) is 34.3 Å². The Balaban J connectivity index is 1.91. The molecule has 3 rings (SSSR count). The maximum absolute atomic E-state index is 13.7. The average molecular weight is 300 g/mol. The van der Waals surface area contributed by atoms with Crippen LogP contribution in [0, 0.1) is 5.82 Å². The fourth-order valence-corrected chi connectivity index (χ4v) is 2.00. The molecule has 0 bridgehead atoms. The predicted molar refractivity (Wildman–Crippen MR) is 78.2 cm³/mol. The van der Waals surface area contributed by atoms with Crippen LogP contribution in [0.1, 0.15) is 0 Å². The number of aromatic nitrogens is 2. The van der Waals surface area contributed by atoms with Crippen LogP contribution in [0.5, 0.6) is 11.5 Å². The largest absolute Gasteiger partial charge is 0.497 e. The fraction of sp³-hybridized carbons (Fsp3) is 0.125. The lowest BCUT2D eigenvalue weighted by atomic mass is 10.2. The monoisotopic (exact) mass is 300 g/mol. The third-order valence-electron chi connectivity index (χ3n) is 3.17. The molecule has 0 aliphatic carbocycles. The lowest BCUT2D eigenvalue weighted by Gasteiger charge is -2.01. The van der Waals surface area contributed by atoms with Gasteiger partial charge in [-0.25, -0.2) is 4.39 Å². The van der Waals surface area contributed by atoms with Crippen molar-refractivity contribution in [3.63, 3.8) is 0 Å². The SMILES string of the molecule is COc1ccc(-c2noc(-c3ccc(OC)c(F)c3)n2)cc1. The molecule has 0 aliphatic rings. The smallest absolute Gasteiger partial charge is 0.258 e. The van der Waals surface area contributed by atoms with Gasteiger partial charge in [-0.15, -0.1) is 0 Å². The molecular formula is C16H13FN2O3. The Morgan fingerprint density at radius 3 is 2.32 bits per heavy atom. The van der Waals surface area contributed by atoms with Crippen LogP contribution >= 0.6 is 0 Å². The van der Waals surface area contributed by atoms with E-state index in [1.165, 1.54) is 19.2 Å². The van der Waals surface area contributed by atoms with Crippen LogP contribution in [-0.4, -0.2) is 24.4 Å². The number of nitrogens with zero attached hydrogens (tertiary/aromatic N) is 2. The summed E-state index contributed by atoms with van der Waals surface area (Å²) in [5, 5.41) is 3.91. The van der Waals surface area contributed by atoms with Crippen molar-refractivity contribution in [2.45, 2.75) is 0 Å². The molecule has 2 aromatic carbocycles. The van der Waals surface area contributed by atoms with Crippen molar-refractivity contribution < 1.29 is 18.4 Å². The van der Waals surface area contributed by atoms with Crippen LogP contribution in [0.4, 0.5) is 4.39 Å². The average Bonchev–Trinajstić information content (AvgIpc) is 3.05. The Hall–Kier alpha value is -2.89. The minimum atomic E-state index is -0.482. The van der Waals surface area contributed by atoms with Gasteiger partial charge in [0.25, 0.3) is 5.89 Å². The Bertz CT molecular complexity index is 784. The highest BCUT2D eigenvalue weighted by molar-refractivity contribution is 5.61. The standard InChI is InChI=1S/C16H13FN2O3/c1-20-12-6-3-10(4-7-12)15-18-16(22-19-15)11-5-8-14(21-2)13(17)9-11/h3-9H,1-2H3. The molecule has 0 aliphatic heterocycles. The van der Waals surface area contributed by atoms with Crippen molar-refractivity contribution in [2.75, 3.05) is 14.2 Å². The zero-order chi connectivity index (χ0) is 15.5. The second-order valence-corrected chi connectivity index (χ2v) is 4.50. The molecule has 22 heavy (non-hydrogen) atoms. The van der Waals surface area contributed by atoms with E-state index in [1.54, 1.807) is 25.3 Å². The Morgan fingerprint density at radius 2 is 1.68 bits per heavy atom. The van der Waals surface area contributed by atoms with Crippen molar-refractivity contribution in [1.29, 1.82) is 0 Å². The van der Waals surface area contributed by atoms with Gasteiger partial charge >= 0.3 is 0 Å². The third-order valence-corrected chi connectivity index (χ3v) is 3.17. The molecule has 1 aromatic heterocycles. The van der Waals surface area contributed by atoms with E-state index in [-0.39, 0.29) is 11.6 Å².